The molecule has 104 valence electrons. The number of carbonyl (C=O) groups excluding carboxylic acids is 2. The Bertz CT molecular complexity index is 636. The van der Waals surface area contributed by atoms with Crippen LogP contribution in [0.25, 0.3) is 0 Å². The number of nitrogen functional groups attached to an aromatic ring is 1. The normalized spacial score (nSPS) is 10.1. The zero-order chi connectivity index (χ0) is 14.5. The molecule has 0 saturated carbocycles. The molecule has 0 saturated heterocycles. The summed E-state index contributed by atoms with van der Waals surface area (Å²) >= 11 is 0. The van der Waals surface area contributed by atoms with Gasteiger partial charge in [0.1, 0.15) is 24.4 Å². The number of carbonyl (C=O) groups is 2. The van der Waals surface area contributed by atoms with Crippen LogP contribution in [0.15, 0.2) is 41.0 Å². The first-order valence-corrected chi connectivity index (χ1v) is 5.71. The summed E-state index contributed by atoms with van der Waals surface area (Å²) in [5, 5.41) is 0. The fourth-order valence-electron chi connectivity index (χ4n) is 1.55. The van der Waals surface area contributed by atoms with E-state index < -0.39 is 11.8 Å². The molecule has 1 heterocycles. The van der Waals surface area contributed by atoms with E-state index in [1.807, 2.05) is 5.43 Å². The minimum absolute atomic E-state index is 0.111. The summed E-state index contributed by atoms with van der Waals surface area (Å²) in [7, 11) is 0. The van der Waals surface area contributed by atoms with Crippen molar-refractivity contribution in [3.05, 3.63) is 53.5 Å². The lowest BCUT2D eigenvalue weighted by molar-refractivity contribution is 0.0951. The summed E-state index contributed by atoms with van der Waals surface area (Å²) in [6, 6.07) is 7.97. The molecule has 0 unspecified atom stereocenters. The van der Waals surface area contributed by atoms with E-state index in [0.717, 1.165) is 0 Å². The molecule has 5 N–H and O–H groups in total. The van der Waals surface area contributed by atoms with Crippen molar-refractivity contribution in [2.45, 2.75) is 6.61 Å². The largest absolute Gasteiger partial charge is 0.486 e. The van der Waals surface area contributed by atoms with Crippen LogP contribution < -0.4 is 21.7 Å². The second-order valence-electron chi connectivity index (χ2n) is 3.96. The Balaban J connectivity index is 2.01. The van der Waals surface area contributed by atoms with Crippen molar-refractivity contribution >= 4 is 11.8 Å². The average Bonchev–Trinajstić information content (AvgIpc) is 2.93. The predicted octanol–water partition coefficient (Wildman–Crippen LogP) is 0.561. The third kappa shape index (κ3) is 3.15. The number of ether oxygens (including phenoxy) is 1. The molecule has 0 radical (unpaired) electrons. The summed E-state index contributed by atoms with van der Waals surface area (Å²) in [6.45, 7) is 0.111. The number of hydrogen-bond acceptors (Lipinski definition) is 5. The van der Waals surface area contributed by atoms with Gasteiger partial charge in [-0.1, -0.05) is 6.07 Å². The summed E-state index contributed by atoms with van der Waals surface area (Å²) in [5.41, 5.74) is 7.82. The molecule has 0 spiro atoms. The van der Waals surface area contributed by atoms with E-state index in [1.165, 1.54) is 18.4 Å². The SMILES string of the molecule is NNC(=O)c1coc(COc2cccc(C(N)=O)c2)c1. The number of rotatable bonds is 5. The Kier molecular flexibility index (Phi) is 4.02. The van der Waals surface area contributed by atoms with Crippen LogP contribution >= 0.6 is 0 Å². The first kappa shape index (κ1) is 13.6. The van der Waals surface area contributed by atoms with Crippen molar-refractivity contribution in [2.24, 2.45) is 11.6 Å². The molecule has 0 fully saturated rings. The standard InChI is InChI=1S/C13H13N3O4/c14-12(17)8-2-1-3-10(4-8)20-7-11-5-9(6-19-11)13(18)16-15/h1-6H,7,15H2,(H2,14,17)(H,16,18). The van der Waals surface area contributed by atoms with Crippen LogP contribution in [-0.4, -0.2) is 11.8 Å². The Morgan fingerprint density at radius 3 is 2.75 bits per heavy atom. The minimum atomic E-state index is -0.532. The van der Waals surface area contributed by atoms with Gasteiger partial charge in [0.25, 0.3) is 5.91 Å². The van der Waals surface area contributed by atoms with Crippen LogP contribution in [0.2, 0.25) is 0 Å². The number of primary amides is 1. The van der Waals surface area contributed by atoms with Crippen molar-refractivity contribution in [1.29, 1.82) is 0 Å². The molecule has 1 aromatic carbocycles. The highest BCUT2D eigenvalue weighted by molar-refractivity contribution is 5.93. The molecule has 2 amide bonds. The van der Waals surface area contributed by atoms with E-state index in [-0.39, 0.29) is 6.61 Å². The Hall–Kier alpha value is -2.80. The maximum absolute atomic E-state index is 11.2. The van der Waals surface area contributed by atoms with Gasteiger partial charge in [0.15, 0.2) is 0 Å². The van der Waals surface area contributed by atoms with Gasteiger partial charge < -0.3 is 14.9 Å². The number of furan rings is 1. The zero-order valence-electron chi connectivity index (χ0n) is 10.5. The van der Waals surface area contributed by atoms with Gasteiger partial charge in [0, 0.05) is 5.56 Å². The number of hydrogen-bond donors (Lipinski definition) is 3. The van der Waals surface area contributed by atoms with E-state index in [2.05, 4.69) is 0 Å². The quantitative estimate of drug-likeness (QED) is 0.418. The molecule has 1 aromatic heterocycles. The second kappa shape index (κ2) is 5.89. The summed E-state index contributed by atoms with van der Waals surface area (Å²) < 4.78 is 10.6. The van der Waals surface area contributed by atoms with Crippen molar-refractivity contribution in [3.8, 4) is 5.75 Å². The molecule has 2 rings (SSSR count). The van der Waals surface area contributed by atoms with Gasteiger partial charge in [-0.2, -0.15) is 0 Å². The van der Waals surface area contributed by atoms with Crippen LogP contribution in [0.3, 0.4) is 0 Å². The second-order valence-corrected chi connectivity index (χ2v) is 3.96. The number of amides is 2. The van der Waals surface area contributed by atoms with Crippen LogP contribution in [0.4, 0.5) is 0 Å². The van der Waals surface area contributed by atoms with E-state index in [9.17, 15) is 9.59 Å². The van der Waals surface area contributed by atoms with Crippen molar-refractivity contribution in [2.75, 3.05) is 0 Å². The zero-order valence-corrected chi connectivity index (χ0v) is 10.5. The first-order valence-electron chi connectivity index (χ1n) is 5.71. The van der Waals surface area contributed by atoms with E-state index in [1.54, 1.807) is 18.2 Å². The van der Waals surface area contributed by atoms with Gasteiger partial charge in [0.05, 0.1) is 5.56 Å². The number of nitrogens with two attached hydrogens (primary N) is 2. The fourth-order valence-corrected chi connectivity index (χ4v) is 1.55. The molecule has 0 bridgehead atoms. The van der Waals surface area contributed by atoms with Gasteiger partial charge in [-0.3, -0.25) is 15.0 Å². The summed E-state index contributed by atoms with van der Waals surface area (Å²) in [4.78, 5) is 22.3. The maximum atomic E-state index is 11.2. The van der Waals surface area contributed by atoms with Gasteiger partial charge in [-0.05, 0) is 24.3 Å². The van der Waals surface area contributed by atoms with Crippen molar-refractivity contribution in [3.63, 3.8) is 0 Å². The van der Waals surface area contributed by atoms with Gasteiger partial charge in [0.2, 0.25) is 5.91 Å². The maximum Gasteiger partial charge on any atom is 0.268 e. The van der Waals surface area contributed by atoms with E-state index in [4.69, 9.17) is 20.7 Å². The van der Waals surface area contributed by atoms with Crippen LogP contribution in [0.1, 0.15) is 26.5 Å². The number of nitrogens with one attached hydrogen (secondary N) is 1. The Morgan fingerprint density at radius 2 is 2.05 bits per heavy atom. The van der Waals surface area contributed by atoms with E-state index >= 15 is 0 Å². The van der Waals surface area contributed by atoms with Crippen LogP contribution in [0.5, 0.6) is 5.75 Å². The van der Waals surface area contributed by atoms with Crippen LogP contribution in [0, 0.1) is 0 Å². The molecule has 0 aliphatic carbocycles. The molecular formula is C13H13N3O4. The highest BCUT2D eigenvalue weighted by Crippen LogP contribution is 2.16. The van der Waals surface area contributed by atoms with Crippen LogP contribution in [-0.2, 0) is 6.61 Å². The van der Waals surface area contributed by atoms with Gasteiger partial charge >= 0.3 is 0 Å². The smallest absolute Gasteiger partial charge is 0.268 e. The monoisotopic (exact) mass is 275 g/mol. The third-order valence-electron chi connectivity index (χ3n) is 2.55. The number of hydrazine groups is 1. The Morgan fingerprint density at radius 1 is 1.25 bits per heavy atom. The topological polar surface area (TPSA) is 121 Å². The first-order chi connectivity index (χ1) is 9.60. The molecule has 20 heavy (non-hydrogen) atoms. The lowest BCUT2D eigenvalue weighted by Gasteiger charge is -2.04. The van der Waals surface area contributed by atoms with Crippen molar-refractivity contribution in [1.82, 2.24) is 5.43 Å². The fraction of sp³-hybridized carbons (Fsp3) is 0.0769. The molecule has 7 heteroatoms. The minimum Gasteiger partial charge on any atom is -0.486 e. The summed E-state index contributed by atoms with van der Waals surface area (Å²) in [6.07, 6.45) is 1.28. The molecular weight excluding hydrogens is 262 g/mol. The Labute approximate surface area is 114 Å². The summed E-state index contributed by atoms with van der Waals surface area (Å²) in [5.74, 6) is 4.95. The highest BCUT2D eigenvalue weighted by atomic mass is 16.5. The highest BCUT2D eigenvalue weighted by Gasteiger charge is 2.09. The third-order valence-corrected chi connectivity index (χ3v) is 2.55. The molecule has 0 atom stereocenters. The molecule has 7 nitrogen and oxygen atoms in total. The van der Waals surface area contributed by atoms with Gasteiger partial charge in [-0.25, -0.2) is 5.84 Å². The molecule has 0 aliphatic rings. The number of benzene rings is 1. The average molecular weight is 275 g/mol. The molecule has 0 aliphatic heterocycles. The lowest BCUT2D eigenvalue weighted by Crippen LogP contribution is -2.29. The van der Waals surface area contributed by atoms with Crippen molar-refractivity contribution < 1.29 is 18.7 Å². The lowest BCUT2D eigenvalue weighted by atomic mass is 10.2. The predicted molar refractivity (Wildman–Crippen MR) is 69.7 cm³/mol. The molecule has 2 aromatic rings. The van der Waals surface area contributed by atoms with E-state index in [0.29, 0.717) is 22.6 Å². The van der Waals surface area contributed by atoms with Gasteiger partial charge in [-0.15, -0.1) is 0 Å².